The summed E-state index contributed by atoms with van der Waals surface area (Å²) in [6, 6.07) is 8.86. The first-order valence-corrected chi connectivity index (χ1v) is 10.8. The summed E-state index contributed by atoms with van der Waals surface area (Å²) in [5.74, 6) is 2.48. The fourth-order valence-electron chi connectivity index (χ4n) is 4.11. The Labute approximate surface area is 180 Å². The van der Waals surface area contributed by atoms with E-state index in [2.05, 4.69) is 70.9 Å². The molecule has 0 spiro atoms. The molecule has 1 N–H and O–H groups in total. The number of nitrogens with one attached hydrogen (secondary N) is 1. The van der Waals surface area contributed by atoms with Gasteiger partial charge in [-0.1, -0.05) is 19.1 Å². The lowest BCUT2D eigenvalue weighted by Crippen LogP contribution is -2.49. The van der Waals surface area contributed by atoms with E-state index < -0.39 is 0 Å². The minimum absolute atomic E-state index is 0.182. The highest BCUT2D eigenvalue weighted by Gasteiger charge is 2.29. The van der Waals surface area contributed by atoms with E-state index in [1.54, 1.807) is 7.11 Å². The van der Waals surface area contributed by atoms with Crippen molar-refractivity contribution in [1.82, 2.24) is 24.7 Å². The molecule has 0 aliphatic carbocycles. The number of hydrogen-bond acceptors (Lipinski definition) is 4. The van der Waals surface area contributed by atoms with Gasteiger partial charge in [-0.3, -0.25) is 4.99 Å². The van der Waals surface area contributed by atoms with Gasteiger partial charge in [0.25, 0.3) is 0 Å². The van der Waals surface area contributed by atoms with Gasteiger partial charge >= 0.3 is 0 Å². The molecule has 7 heteroatoms. The van der Waals surface area contributed by atoms with Gasteiger partial charge in [0, 0.05) is 32.0 Å². The maximum atomic E-state index is 5.42. The van der Waals surface area contributed by atoms with Crippen LogP contribution in [-0.4, -0.2) is 72.7 Å². The van der Waals surface area contributed by atoms with Crippen molar-refractivity contribution in [2.75, 3.05) is 47.4 Å². The maximum absolute atomic E-state index is 5.42. The van der Waals surface area contributed by atoms with Crippen LogP contribution in [0.4, 0.5) is 0 Å². The number of benzene rings is 1. The van der Waals surface area contributed by atoms with E-state index in [9.17, 15) is 0 Å². The fourth-order valence-corrected chi connectivity index (χ4v) is 4.11. The van der Waals surface area contributed by atoms with Gasteiger partial charge in [-0.25, -0.2) is 4.98 Å². The predicted molar refractivity (Wildman–Crippen MR) is 122 cm³/mol. The number of imidazole rings is 1. The molecule has 2 aromatic rings. The Bertz CT molecular complexity index is 804. The molecular weight excluding hydrogens is 376 g/mol. The Morgan fingerprint density at radius 1 is 1.40 bits per heavy atom. The number of likely N-dealkylation sites (tertiary alicyclic amines) is 1. The molecule has 30 heavy (non-hydrogen) atoms. The first-order chi connectivity index (χ1) is 14.5. The van der Waals surface area contributed by atoms with E-state index in [0.29, 0.717) is 18.5 Å². The van der Waals surface area contributed by atoms with E-state index >= 15 is 0 Å². The van der Waals surface area contributed by atoms with Crippen LogP contribution in [0.3, 0.4) is 0 Å². The number of rotatable bonds is 7. The molecule has 0 amide bonds. The molecular formula is C23H36N6O. The number of aromatic nitrogens is 2. The topological polar surface area (TPSA) is 57.9 Å². The van der Waals surface area contributed by atoms with Crippen molar-refractivity contribution in [2.24, 2.45) is 10.9 Å². The third-order valence-corrected chi connectivity index (χ3v) is 5.98. The maximum Gasteiger partial charge on any atom is 0.194 e. The number of piperidine rings is 1. The van der Waals surface area contributed by atoms with E-state index in [1.807, 2.05) is 24.7 Å². The smallest absolute Gasteiger partial charge is 0.194 e. The van der Waals surface area contributed by atoms with Gasteiger partial charge in [0.15, 0.2) is 5.96 Å². The van der Waals surface area contributed by atoms with E-state index in [-0.39, 0.29) is 6.04 Å². The van der Waals surface area contributed by atoms with Gasteiger partial charge in [-0.05, 0) is 51.1 Å². The molecule has 1 aliphatic heterocycles. The number of hydrogen-bond donors (Lipinski definition) is 1. The highest BCUT2D eigenvalue weighted by Crippen LogP contribution is 2.28. The molecule has 2 heterocycles. The summed E-state index contributed by atoms with van der Waals surface area (Å²) in [5.41, 5.74) is 1.21. The molecule has 3 rings (SSSR count). The third kappa shape index (κ3) is 5.33. The van der Waals surface area contributed by atoms with Crippen molar-refractivity contribution in [2.45, 2.75) is 32.4 Å². The Kier molecular flexibility index (Phi) is 7.74. The first-order valence-electron chi connectivity index (χ1n) is 10.8. The summed E-state index contributed by atoms with van der Waals surface area (Å²) in [5, 5.41) is 3.51. The second kappa shape index (κ2) is 10.5. The van der Waals surface area contributed by atoms with Crippen molar-refractivity contribution >= 4 is 5.96 Å². The largest absolute Gasteiger partial charge is 0.497 e. The molecule has 3 unspecified atom stereocenters. The van der Waals surface area contributed by atoms with Gasteiger partial charge in [0.05, 0.1) is 32.1 Å². The van der Waals surface area contributed by atoms with Crippen molar-refractivity contribution in [1.29, 1.82) is 0 Å². The van der Waals surface area contributed by atoms with Gasteiger partial charge in [-0.2, -0.15) is 0 Å². The minimum atomic E-state index is 0.182. The highest BCUT2D eigenvalue weighted by molar-refractivity contribution is 5.80. The van der Waals surface area contributed by atoms with Crippen molar-refractivity contribution in [3.63, 3.8) is 0 Å². The number of likely N-dealkylation sites (N-methyl/N-ethyl adjacent to an activating group) is 1. The lowest BCUT2D eigenvalue weighted by atomic mass is 9.93. The van der Waals surface area contributed by atoms with Gasteiger partial charge < -0.3 is 24.4 Å². The van der Waals surface area contributed by atoms with Gasteiger partial charge in [-0.15, -0.1) is 0 Å². The second-order valence-electron chi connectivity index (χ2n) is 8.24. The number of methoxy groups -OCH3 is 1. The van der Waals surface area contributed by atoms with Gasteiger partial charge in [0.1, 0.15) is 5.75 Å². The molecule has 0 bridgehead atoms. The van der Waals surface area contributed by atoms with Crippen molar-refractivity contribution in [3.05, 3.63) is 48.5 Å². The Morgan fingerprint density at radius 3 is 2.90 bits per heavy atom. The zero-order valence-corrected chi connectivity index (χ0v) is 19.0. The quantitative estimate of drug-likeness (QED) is 0.560. The fraction of sp³-hybridized carbons (Fsp3) is 0.565. The number of nitrogens with zero attached hydrogens (tertiary/aromatic N) is 5. The molecule has 1 aliphatic rings. The molecule has 7 nitrogen and oxygen atoms in total. The van der Waals surface area contributed by atoms with Crippen LogP contribution in [0.15, 0.2) is 48.0 Å². The SMILES string of the molecule is CCNC(=NCC(c1cccc(OC)c1)N(C)C)N1CCC(C)C(n2ccnc2)C1. The molecule has 1 saturated heterocycles. The minimum Gasteiger partial charge on any atom is -0.497 e. The van der Waals surface area contributed by atoms with Crippen LogP contribution in [-0.2, 0) is 0 Å². The lowest BCUT2D eigenvalue weighted by Gasteiger charge is -2.39. The van der Waals surface area contributed by atoms with Crippen LogP contribution in [0.5, 0.6) is 5.75 Å². The molecule has 3 atom stereocenters. The molecule has 1 fully saturated rings. The summed E-state index contributed by atoms with van der Waals surface area (Å²) in [4.78, 5) is 13.9. The number of aliphatic imine (C=N–C) groups is 1. The average Bonchev–Trinajstić information content (AvgIpc) is 3.28. The Hall–Kier alpha value is -2.54. The van der Waals surface area contributed by atoms with Crippen LogP contribution < -0.4 is 10.1 Å². The van der Waals surface area contributed by atoms with Crippen molar-refractivity contribution < 1.29 is 4.74 Å². The van der Waals surface area contributed by atoms with Crippen LogP contribution in [0, 0.1) is 5.92 Å². The summed E-state index contributed by atoms with van der Waals surface area (Å²) in [7, 11) is 5.91. The summed E-state index contributed by atoms with van der Waals surface area (Å²) < 4.78 is 7.65. The average molecular weight is 413 g/mol. The second-order valence-corrected chi connectivity index (χ2v) is 8.24. The first kappa shape index (κ1) is 22.2. The van der Waals surface area contributed by atoms with Crippen LogP contribution in [0.25, 0.3) is 0 Å². The molecule has 1 aromatic carbocycles. The van der Waals surface area contributed by atoms with E-state index in [0.717, 1.165) is 37.8 Å². The third-order valence-electron chi connectivity index (χ3n) is 5.98. The standard InChI is InChI=1S/C23H36N6O/c1-6-25-23(28-12-10-18(2)22(16-28)29-13-11-24-17-29)26-15-21(27(3)4)19-8-7-9-20(14-19)30-5/h7-9,11,13-14,17-18,21-22H,6,10,12,15-16H2,1-5H3,(H,25,26). The Morgan fingerprint density at radius 2 is 2.23 bits per heavy atom. The van der Waals surface area contributed by atoms with Crippen LogP contribution in [0.2, 0.25) is 0 Å². The zero-order valence-electron chi connectivity index (χ0n) is 19.0. The molecule has 0 saturated carbocycles. The van der Waals surface area contributed by atoms with E-state index in [1.165, 1.54) is 5.56 Å². The zero-order chi connectivity index (χ0) is 21.5. The lowest BCUT2D eigenvalue weighted by molar-refractivity contribution is 0.188. The Balaban J connectivity index is 1.78. The summed E-state index contributed by atoms with van der Waals surface area (Å²) in [6.45, 7) is 7.95. The normalized spacial score (nSPS) is 21.0. The summed E-state index contributed by atoms with van der Waals surface area (Å²) >= 11 is 0. The van der Waals surface area contributed by atoms with Crippen LogP contribution >= 0.6 is 0 Å². The molecule has 164 valence electrons. The van der Waals surface area contributed by atoms with Crippen molar-refractivity contribution in [3.8, 4) is 5.75 Å². The predicted octanol–water partition coefficient (Wildman–Crippen LogP) is 3.04. The highest BCUT2D eigenvalue weighted by atomic mass is 16.5. The number of guanidine groups is 1. The van der Waals surface area contributed by atoms with E-state index in [4.69, 9.17) is 9.73 Å². The summed E-state index contributed by atoms with van der Waals surface area (Å²) in [6.07, 6.45) is 7.00. The molecule has 0 radical (unpaired) electrons. The van der Waals surface area contributed by atoms with Gasteiger partial charge in [0.2, 0.25) is 0 Å². The number of ether oxygens (including phenoxy) is 1. The monoisotopic (exact) mass is 412 g/mol. The molecule has 1 aromatic heterocycles. The van der Waals surface area contributed by atoms with Crippen LogP contribution in [0.1, 0.15) is 37.9 Å².